The molecule has 0 bridgehead atoms. The summed E-state index contributed by atoms with van der Waals surface area (Å²) >= 11 is 0. The highest BCUT2D eigenvalue weighted by Gasteiger charge is 2.40. The molecule has 2 aliphatic heterocycles. The van der Waals surface area contributed by atoms with E-state index in [-0.39, 0.29) is 11.7 Å². The van der Waals surface area contributed by atoms with Crippen molar-refractivity contribution in [3.8, 4) is 0 Å². The maximum atomic E-state index is 10.4. The normalized spacial score (nSPS) is 29.7. The lowest BCUT2D eigenvalue weighted by Gasteiger charge is -2.44. The van der Waals surface area contributed by atoms with E-state index in [1.54, 1.807) is 0 Å². The summed E-state index contributed by atoms with van der Waals surface area (Å²) in [6, 6.07) is 0. The molecule has 2 rings (SSSR count). The summed E-state index contributed by atoms with van der Waals surface area (Å²) in [6.45, 7) is 6.88. The van der Waals surface area contributed by atoms with Gasteiger partial charge in [-0.15, -0.1) is 0 Å². The lowest BCUT2D eigenvalue weighted by molar-refractivity contribution is -0.159. The monoisotopic (exact) mass is 256 g/mol. The molecule has 3 nitrogen and oxygen atoms in total. The van der Waals surface area contributed by atoms with Crippen molar-refractivity contribution in [1.82, 2.24) is 0 Å². The standard InChI is InChI=1S/C15H28O3/c1-12(2)3-4-14(16)13-5-8-18-15(11-13)6-9-17-10-7-15/h12-14,16H,3-11H2,1-2H3. The van der Waals surface area contributed by atoms with E-state index in [2.05, 4.69) is 13.8 Å². The Balaban J connectivity index is 1.85. The van der Waals surface area contributed by atoms with Crippen molar-refractivity contribution in [1.29, 1.82) is 0 Å². The summed E-state index contributed by atoms with van der Waals surface area (Å²) in [5, 5.41) is 10.4. The Hall–Kier alpha value is -0.120. The summed E-state index contributed by atoms with van der Waals surface area (Å²) in [5.41, 5.74) is 0.0139. The summed E-state index contributed by atoms with van der Waals surface area (Å²) in [7, 11) is 0. The maximum Gasteiger partial charge on any atom is 0.0730 e. The average molecular weight is 256 g/mol. The van der Waals surface area contributed by atoms with Gasteiger partial charge in [0.2, 0.25) is 0 Å². The molecule has 2 unspecified atom stereocenters. The highest BCUT2D eigenvalue weighted by atomic mass is 16.5. The minimum absolute atomic E-state index is 0.0139. The van der Waals surface area contributed by atoms with Gasteiger partial charge in [-0.3, -0.25) is 0 Å². The Kier molecular flexibility index (Phi) is 5.05. The molecule has 18 heavy (non-hydrogen) atoms. The molecule has 2 heterocycles. The summed E-state index contributed by atoms with van der Waals surface area (Å²) in [4.78, 5) is 0. The zero-order valence-electron chi connectivity index (χ0n) is 11.9. The molecule has 3 heteroatoms. The lowest BCUT2D eigenvalue weighted by Crippen LogP contribution is -2.46. The van der Waals surface area contributed by atoms with E-state index in [1.807, 2.05) is 0 Å². The Labute approximate surface area is 111 Å². The largest absolute Gasteiger partial charge is 0.393 e. The number of aliphatic hydroxyl groups excluding tert-OH is 1. The molecule has 2 fully saturated rings. The zero-order chi connectivity index (χ0) is 13.0. The summed E-state index contributed by atoms with van der Waals surface area (Å²) in [5.74, 6) is 1.10. The van der Waals surface area contributed by atoms with Crippen LogP contribution < -0.4 is 0 Å². The molecule has 0 saturated carbocycles. The topological polar surface area (TPSA) is 38.7 Å². The minimum atomic E-state index is -0.143. The maximum absolute atomic E-state index is 10.4. The van der Waals surface area contributed by atoms with Crippen LogP contribution in [0.15, 0.2) is 0 Å². The second-order valence-corrected chi connectivity index (χ2v) is 6.44. The van der Waals surface area contributed by atoms with Gasteiger partial charge >= 0.3 is 0 Å². The molecule has 0 amide bonds. The van der Waals surface area contributed by atoms with Crippen LogP contribution in [0.25, 0.3) is 0 Å². The van der Waals surface area contributed by atoms with E-state index >= 15 is 0 Å². The fourth-order valence-electron chi connectivity index (χ4n) is 3.23. The van der Waals surface area contributed by atoms with E-state index in [1.165, 1.54) is 0 Å². The third kappa shape index (κ3) is 3.69. The average Bonchev–Trinajstić information content (AvgIpc) is 2.37. The van der Waals surface area contributed by atoms with Crippen LogP contribution in [0.1, 0.15) is 52.4 Å². The third-order valence-electron chi connectivity index (χ3n) is 4.52. The molecule has 0 aromatic carbocycles. The molecule has 0 aromatic heterocycles. The smallest absolute Gasteiger partial charge is 0.0730 e. The van der Waals surface area contributed by atoms with E-state index in [0.717, 1.165) is 58.3 Å². The van der Waals surface area contributed by atoms with Gasteiger partial charge in [0.1, 0.15) is 0 Å². The molecular formula is C15H28O3. The second kappa shape index (κ2) is 6.36. The highest BCUT2D eigenvalue weighted by Crippen LogP contribution is 2.39. The molecular weight excluding hydrogens is 228 g/mol. The predicted molar refractivity (Wildman–Crippen MR) is 71.5 cm³/mol. The molecule has 106 valence electrons. The second-order valence-electron chi connectivity index (χ2n) is 6.44. The van der Waals surface area contributed by atoms with Crippen LogP contribution in [0.5, 0.6) is 0 Å². The van der Waals surface area contributed by atoms with Gasteiger partial charge in [0.15, 0.2) is 0 Å². The molecule has 2 atom stereocenters. The Morgan fingerprint density at radius 1 is 1.17 bits per heavy atom. The molecule has 1 spiro atoms. The quantitative estimate of drug-likeness (QED) is 0.840. The van der Waals surface area contributed by atoms with Crippen molar-refractivity contribution >= 4 is 0 Å². The van der Waals surface area contributed by atoms with E-state index < -0.39 is 0 Å². The zero-order valence-corrected chi connectivity index (χ0v) is 11.9. The molecule has 0 aromatic rings. The molecule has 2 aliphatic rings. The first-order valence-corrected chi connectivity index (χ1v) is 7.51. The van der Waals surface area contributed by atoms with E-state index in [0.29, 0.717) is 11.8 Å². The van der Waals surface area contributed by atoms with Crippen LogP contribution in [0.2, 0.25) is 0 Å². The number of ether oxygens (including phenoxy) is 2. The lowest BCUT2D eigenvalue weighted by atomic mass is 9.77. The Morgan fingerprint density at radius 3 is 2.56 bits per heavy atom. The van der Waals surface area contributed by atoms with Gasteiger partial charge in [-0.25, -0.2) is 0 Å². The molecule has 0 aliphatic carbocycles. The molecule has 0 radical (unpaired) electrons. The van der Waals surface area contributed by atoms with Gasteiger partial charge in [-0.1, -0.05) is 13.8 Å². The summed E-state index contributed by atoms with van der Waals surface area (Å²) < 4.78 is 11.5. The van der Waals surface area contributed by atoms with Crippen molar-refractivity contribution in [2.24, 2.45) is 11.8 Å². The van der Waals surface area contributed by atoms with Crippen LogP contribution >= 0.6 is 0 Å². The van der Waals surface area contributed by atoms with Crippen LogP contribution in [-0.2, 0) is 9.47 Å². The van der Waals surface area contributed by atoms with Gasteiger partial charge < -0.3 is 14.6 Å². The summed E-state index contributed by atoms with van der Waals surface area (Å²) in [6.07, 6.45) is 5.96. The number of hydrogen-bond acceptors (Lipinski definition) is 3. The first kappa shape index (κ1) is 14.3. The van der Waals surface area contributed by atoms with Gasteiger partial charge in [0, 0.05) is 19.8 Å². The highest BCUT2D eigenvalue weighted by molar-refractivity contribution is 4.91. The number of aliphatic hydroxyl groups is 1. The van der Waals surface area contributed by atoms with Crippen molar-refractivity contribution in [3.63, 3.8) is 0 Å². The van der Waals surface area contributed by atoms with Crippen LogP contribution in [-0.4, -0.2) is 36.6 Å². The number of rotatable bonds is 4. The van der Waals surface area contributed by atoms with Crippen molar-refractivity contribution < 1.29 is 14.6 Å². The fraction of sp³-hybridized carbons (Fsp3) is 1.00. The van der Waals surface area contributed by atoms with Crippen molar-refractivity contribution in [2.45, 2.75) is 64.1 Å². The fourth-order valence-corrected chi connectivity index (χ4v) is 3.23. The first-order valence-electron chi connectivity index (χ1n) is 7.51. The van der Waals surface area contributed by atoms with Crippen LogP contribution in [0.4, 0.5) is 0 Å². The van der Waals surface area contributed by atoms with E-state index in [9.17, 15) is 5.11 Å². The molecule has 2 saturated heterocycles. The predicted octanol–water partition coefficient (Wildman–Crippen LogP) is 2.76. The van der Waals surface area contributed by atoms with Gasteiger partial charge in [-0.05, 0) is 50.4 Å². The van der Waals surface area contributed by atoms with Crippen molar-refractivity contribution in [3.05, 3.63) is 0 Å². The van der Waals surface area contributed by atoms with Gasteiger partial charge in [0.25, 0.3) is 0 Å². The third-order valence-corrected chi connectivity index (χ3v) is 4.52. The Morgan fingerprint density at radius 2 is 1.89 bits per heavy atom. The van der Waals surface area contributed by atoms with Crippen LogP contribution in [0.3, 0.4) is 0 Å². The number of hydrogen-bond donors (Lipinski definition) is 1. The van der Waals surface area contributed by atoms with Gasteiger partial charge in [-0.2, -0.15) is 0 Å². The minimum Gasteiger partial charge on any atom is -0.393 e. The Bertz CT molecular complexity index is 241. The first-order chi connectivity index (χ1) is 8.61. The van der Waals surface area contributed by atoms with Crippen molar-refractivity contribution in [2.75, 3.05) is 19.8 Å². The van der Waals surface area contributed by atoms with Gasteiger partial charge in [0.05, 0.1) is 11.7 Å². The van der Waals surface area contributed by atoms with E-state index in [4.69, 9.17) is 9.47 Å². The molecule has 1 N–H and O–H groups in total. The SMILES string of the molecule is CC(C)CCC(O)C1CCOC2(CCOCC2)C1. The van der Waals surface area contributed by atoms with Crippen LogP contribution in [0, 0.1) is 11.8 Å².